The first-order chi connectivity index (χ1) is 19.1. The van der Waals surface area contributed by atoms with E-state index < -0.39 is 6.10 Å². The highest BCUT2D eigenvalue weighted by atomic mass is 16.5. The number of hydrogen-bond donors (Lipinski definition) is 1. The van der Waals surface area contributed by atoms with Gasteiger partial charge in [0.15, 0.2) is 0 Å². The topological polar surface area (TPSA) is 60.4 Å². The molecule has 0 aliphatic carbocycles. The lowest BCUT2D eigenvalue weighted by molar-refractivity contribution is 0.0410. The molecule has 0 fully saturated rings. The quantitative estimate of drug-likeness (QED) is 0.205. The maximum Gasteiger partial charge on any atom is 0.123 e. The zero-order valence-electron chi connectivity index (χ0n) is 22.6. The molecular formula is C33H37NO5. The lowest BCUT2D eigenvalue weighted by Crippen LogP contribution is -2.43. The van der Waals surface area contributed by atoms with E-state index in [4.69, 9.17) is 18.9 Å². The maximum atomic E-state index is 10.9. The molecule has 4 aromatic rings. The molecule has 0 aliphatic rings. The number of nitrogens with zero attached hydrogens (tertiary/aromatic N) is 1. The molecule has 6 heteroatoms. The van der Waals surface area contributed by atoms with Crippen LogP contribution in [0.25, 0.3) is 0 Å². The first-order valence-corrected chi connectivity index (χ1v) is 13.2. The molecule has 0 saturated heterocycles. The number of ether oxygens (including phenoxy) is 4. The van der Waals surface area contributed by atoms with Crippen LogP contribution in [0.3, 0.4) is 0 Å². The van der Waals surface area contributed by atoms with Gasteiger partial charge in [0.1, 0.15) is 48.9 Å². The summed E-state index contributed by atoms with van der Waals surface area (Å²) in [7, 11) is 1.64. The monoisotopic (exact) mass is 527 g/mol. The van der Waals surface area contributed by atoms with Crippen molar-refractivity contribution in [3.05, 3.63) is 120 Å². The highest BCUT2D eigenvalue weighted by Gasteiger charge is 2.20. The van der Waals surface area contributed by atoms with Crippen molar-refractivity contribution in [3.8, 4) is 23.0 Å². The van der Waals surface area contributed by atoms with E-state index in [1.165, 1.54) is 5.56 Å². The molecule has 0 heterocycles. The standard InChI is InChI=1S/C33H37NO5/c1-26(23-37-33-15-9-14-32(20-33)36-2)34(21-27-10-5-3-6-11-27)22-29(35)25-39-31-18-16-30(17-19-31)38-24-28-12-7-4-8-13-28/h3-20,26,29,35H,21-25H2,1-2H3. The van der Waals surface area contributed by atoms with Crippen LogP contribution in [-0.4, -0.2) is 49.0 Å². The fourth-order valence-electron chi connectivity index (χ4n) is 4.12. The smallest absolute Gasteiger partial charge is 0.123 e. The minimum absolute atomic E-state index is 0.0482. The number of hydrogen-bond acceptors (Lipinski definition) is 6. The van der Waals surface area contributed by atoms with Gasteiger partial charge in [-0.05, 0) is 54.4 Å². The Morgan fingerprint density at radius 1 is 0.641 bits per heavy atom. The van der Waals surface area contributed by atoms with E-state index in [-0.39, 0.29) is 12.6 Å². The van der Waals surface area contributed by atoms with Gasteiger partial charge in [-0.2, -0.15) is 0 Å². The molecule has 39 heavy (non-hydrogen) atoms. The summed E-state index contributed by atoms with van der Waals surface area (Å²) in [5, 5.41) is 10.9. The zero-order chi connectivity index (χ0) is 27.3. The summed E-state index contributed by atoms with van der Waals surface area (Å²) >= 11 is 0. The van der Waals surface area contributed by atoms with Gasteiger partial charge in [0, 0.05) is 25.2 Å². The van der Waals surface area contributed by atoms with Crippen LogP contribution in [0.2, 0.25) is 0 Å². The van der Waals surface area contributed by atoms with Gasteiger partial charge in [-0.3, -0.25) is 4.90 Å². The molecule has 0 bridgehead atoms. The second-order valence-corrected chi connectivity index (χ2v) is 9.46. The van der Waals surface area contributed by atoms with Crippen molar-refractivity contribution >= 4 is 0 Å². The summed E-state index contributed by atoms with van der Waals surface area (Å²) in [6.07, 6.45) is -0.679. The predicted molar refractivity (Wildman–Crippen MR) is 154 cm³/mol. The average Bonchev–Trinajstić information content (AvgIpc) is 2.99. The number of methoxy groups -OCH3 is 1. The average molecular weight is 528 g/mol. The minimum Gasteiger partial charge on any atom is -0.497 e. The molecule has 204 valence electrons. The van der Waals surface area contributed by atoms with Crippen molar-refractivity contribution in [2.75, 3.05) is 26.9 Å². The molecule has 0 saturated carbocycles. The molecule has 0 aliphatic heterocycles. The molecule has 4 aromatic carbocycles. The fourth-order valence-corrected chi connectivity index (χ4v) is 4.12. The summed E-state index contributed by atoms with van der Waals surface area (Å²) in [5.41, 5.74) is 2.29. The first-order valence-electron chi connectivity index (χ1n) is 13.2. The van der Waals surface area contributed by atoms with Gasteiger partial charge in [-0.25, -0.2) is 0 Å². The van der Waals surface area contributed by atoms with Crippen LogP contribution < -0.4 is 18.9 Å². The summed E-state index contributed by atoms with van der Waals surface area (Å²) in [4.78, 5) is 2.21. The van der Waals surface area contributed by atoms with Gasteiger partial charge >= 0.3 is 0 Å². The van der Waals surface area contributed by atoms with Crippen LogP contribution in [-0.2, 0) is 13.2 Å². The van der Waals surface area contributed by atoms with Crippen LogP contribution in [0.4, 0.5) is 0 Å². The second-order valence-electron chi connectivity index (χ2n) is 9.46. The Balaban J connectivity index is 1.29. The predicted octanol–water partition coefficient (Wildman–Crippen LogP) is 5.98. The van der Waals surface area contributed by atoms with Gasteiger partial charge in [-0.15, -0.1) is 0 Å². The number of aliphatic hydroxyl groups is 1. The van der Waals surface area contributed by atoms with Crippen LogP contribution in [0.1, 0.15) is 18.1 Å². The van der Waals surface area contributed by atoms with E-state index >= 15 is 0 Å². The van der Waals surface area contributed by atoms with Gasteiger partial charge < -0.3 is 24.1 Å². The third-order valence-corrected chi connectivity index (χ3v) is 6.34. The van der Waals surface area contributed by atoms with Crippen molar-refractivity contribution in [1.82, 2.24) is 4.90 Å². The van der Waals surface area contributed by atoms with Crippen LogP contribution >= 0.6 is 0 Å². The van der Waals surface area contributed by atoms with E-state index in [9.17, 15) is 5.11 Å². The minimum atomic E-state index is -0.679. The SMILES string of the molecule is COc1cccc(OCC(C)N(Cc2ccccc2)CC(O)COc2ccc(OCc3ccccc3)cc2)c1. The molecule has 4 rings (SSSR count). The zero-order valence-corrected chi connectivity index (χ0v) is 22.6. The number of aliphatic hydroxyl groups excluding tert-OH is 1. The lowest BCUT2D eigenvalue weighted by atomic mass is 10.1. The molecule has 6 nitrogen and oxygen atoms in total. The number of rotatable bonds is 15. The third-order valence-electron chi connectivity index (χ3n) is 6.34. The first kappa shape index (κ1) is 28.0. The number of benzene rings is 4. The van der Waals surface area contributed by atoms with E-state index in [2.05, 4.69) is 24.0 Å². The van der Waals surface area contributed by atoms with Crippen molar-refractivity contribution < 1.29 is 24.1 Å². The summed E-state index contributed by atoms with van der Waals surface area (Å²) in [6, 6.07) is 35.4. The lowest BCUT2D eigenvalue weighted by Gasteiger charge is -2.31. The van der Waals surface area contributed by atoms with E-state index in [1.54, 1.807) is 7.11 Å². The Morgan fingerprint density at radius 2 is 1.23 bits per heavy atom. The molecule has 0 amide bonds. The molecule has 0 radical (unpaired) electrons. The Bertz CT molecular complexity index is 1230. The fraction of sp³-hybridized carbons (Fsp3) is 0.273. The molecular weight excluding hydrogens is 490 g/mol. The second kappa shape index (κ2) is 14.8. The van der Waals surface area contributed by atoms with E-state index in [0.717, 1.165) is 22.8 Å². The highest BCUT2D eigenvalue weighted by molar-refractivity contribution is 5.33. The van der Waals surface area contributed by atoms with E-state index in [1.807, 2.05) is 97.1 Å². The third kappa shape index (κ3) is 9.36. The van der Waals surface area contributed by atoms with Crippen molar-refractivity contribution in [2.45, 2.75) is 32.2 Å². The van der Waals surface area contributed by atoms with Crippen molar-refractivity contribution in [3.63, 3.8) is 0 Å². The molecule has 1 N–H and O–H groups in total. The molecule has 0 aromatic heterocycles. The van der Waals surface area contributed by atoms with Gasteiger partial charge in [0.2, 0.25) is 0 Å². The molecule has 2 atom stereocenters. The summed E-state index contributed by atoms with van der Waals surface area (Å²) in [5.74, 6) is 2.96. The maximum absolute atomic E-state index is 10.9. The Morgan fingerprint density at radius 3 is 1.90 bits per heavy atom. The summed E-state index contributed by atoms with van der Waals surface area (Å²) < 4.78 is 23.1. The van der Waals surface area contributed by atoms with Crippen molar-refractivity contribution in [1.29, 1.82) is 0 Å². The molecule has 2 unspecified atom stereocenters. The largest absolute Gasteiger partial charge is 0.497 e. The Hall–Kier alpha value is -4.00. The van der Waals surface area contributed by atoms with Crippen LogP contribution in [0, 0.1) is 0 Å². The normalized spacial score (nSPS) is 12.5. The Kier molecular flexibility index (Phi) is 10.6. The molecule has 0 spiro atoms. The Labute approximate surface area is 231 Å². The van der Waals surface area contributed by atoms with Crippen LogP contribution in [0.15, 0.2) is 109 Å². The summed E-state index contributed by atoms with van der Waals surface area (Å²) in [6.45, 7) is 4.39. The van der Waals surface area contributed by atoms with Gasteiger partial charge in [-0.1, -0.05) is 66.7 Å². The van der Waals surface area contributed by atoms with Crippen molar-refractivity contribution in [2.24, 2.45) is 0 Å². The van der Waals surface area contributed by atoms with E-state index in [0.29, 0.717) is 32.1 Å². The highest BCUT2D eigenvalue weighted by Crippen LogP contribution is 2.21. The van der Waals surface area contributed by atoms with Gasteiger partial charge in [0.05, 0.1) is 7.11 Å². The van der Waals surface area contributed by atoms with Gasteiger partial charge in [0.25, 0.3) is 0 Å². The van der Waals surface area contributed by atoms with Crippen LogP contribution in [0.5, 0.6) is 23.0 Å².